The molecule has 4 rings (SSSR count). The van der Waals surface area contributed by atoms with Gasteiger partial charge in [0.05, 0.1) is 22.9 Å². The SMILES string of the molecule is Cc1ccc(OCC2CO2)cc1N(c1ccccc1)S(=O)(=O)c1ccccc1. The van der Waals surface area contributed by atoms with E-state index in [4.69, 9.17) is 9.47 Å². The molecule has 3 aromatic carbocycles. The number of epoxide rings is 1. The Morgan fingerprint density at radius 2 is 1.64 bits per heavy atom. The molecule has 1 aliphatic rings. The van der Waals surface area contributed by atoms with Gasteiger partial charge in [-0.1, -0.05) is 42.5 Å². The zero-order valence-electron chi connectivity index (χ0n) is 15.5. The number of ether oxygens (including phenoxy) is 2. The zero-order valence-corrected chi connectivity index (χ0v) is 16.3. The van der Waals surface area contributed by atoms with Crippen molar-refractivity contribution in [2.24, 2.45) is 0 Å². The molecular formula is C22H21NO4S. The van der Waals surface area contributed by atoms with Gasteiger partial charge in [0.25, 0.3) is 10.0 Å². The first kappa shape index (κ1) is 18.5. The number of benzene rings is 3. The summed E-state index contributed by atoms with van der Waals surface area (Å²) in [5.74, 6) is 0.611. The van der Waals surface area contributed by atoms with E-state index in [1.54, 1.807) is 48.5 Å². The summed E-state index contributed by atoms with van der Waals surface area (Å²) in [7, 11) is -3.81. The van der Waals surface area contributed by atoms with Crippen molar-refractivity contribution in [1.29, 1.82) is 0 Å². The van der Waals surface area contributed by atoms with Crippen LogP contribution in [0.2, 0.25) is 0 Å². The van der Waals surface area contributed by atoms with Gasteiger partial charge >= 0.3 is 0 Å². The van der Waals surface area contributed by atoms with Gasteiger partial charge < -0.3 is 9.47 Å². The number of rotatable bonds is 7. The van der Waals surface area contributed by atoms with E-state index in [0.29, 0.717) is 30.3 Å². The molecular weight excluding hydrogens is 374 g/mol. The van der Waals surface area contributed by atoms with E-state index in [-0.39, 0.29) is 11.0 Å². The van der Waals surface area contributed by atoms with Crippen LogP contribution in [0.4, 0.5) is 11.4 Å². The molecule has 1 heterocycles. The molecule has 1 unspecified atom stereocenters. The van der Waals surface area contributed by atoms with Gasteiger partial charge in [0, 0.05) is 6.07 Å². The van der Waals surface area contributed by atoms with Gasteiger partial charge in [-0.15, -0.1) is 0 Å². The van der Waals surface area contributed by atoms with Gasteiger partial charge in [0.15, 0.2) is 0 Å². The average molecular weight is 395 g/mol. The molecule has 1 atom stereocenters. The Kier molecular flexibility index (Phi) is 5.07. The summed E-state index contributed by atoms with van der Waals surface area (Å²) in [4.78, 5) is 0.232. The van der Waals surface area contributed by atoms with Crippen LogP contribution in [0.25, 0.3) is 0 Å². The Morgan fingerprint density at radius 1 is 1.00 bits per heavy atom. The van der Waals surface area contributed by atoms with Gasteiger partial charge in [0.1, 0.15) is 18.5 Å². The summed E-state index contributed by atoms with van der Waals surface area (Å²) in [6, 6.07) is 23.0. The molecule has 3 aromatic rings. The highest BCUT2D eigenvalue weighted by molar-refractivity contribution is 7.93. The Morgan fingerprint density at radius 3 is 2.29 bits per heavy atom. The van der Waals surface area contributed by atoms with Crippen molar-refractivity contribution >= 4 is 21.4 Å². The van der Waals surface area contributed by atoms with E-state index >= 15 is 0 Å². The first-order valence-corrected chi connectivity index (χ1v) is 10.5. The van der Waals surface area contributed by atoms with Crippen molar-refractivity contribution in [3.8, 4) is 5.75 Å². The second kappa shape index (κ2) is 7.66. The lowest BCUT2D eigenvalue weighted by Gasteiger charge is -2.26. The van der Waals surface area contributed by atoms with E-state index in [1.807, 2.05) is 37.3 Å². The Hall–Kier alpha value is -2.83. The fourth-order valence-corrected chi connectivity index (χ4v) is 4.49. The van der Waals surface area contributed by atoms with Crippen molar-refractivity contribution in [2.75, 3.05) is 17.5 Å². The maximum absolute atomic E-state index is 13.5. The number of anilines is 2. The molecule has 0 N–H and O–H groups in total. The quantitative estimate of drug-likeness (QED) is 0.560. The maximum Gasteiger partial charge on any atom is 0.268 e. The number of sulfonamides is 1. The van der Waals surface area contributed by atoms with Crippen LogP contribution in [0.1, 0.15) is 5.56 Å². The van der Waals surface area contributed by atoms with Crippen LogP contribution in [0, 0.1) is 6.92 Å². The van der Waals surface area contributed by atoms with E-state index in [9.17, 15) is 8.42 Å². The molecule has 6 heteroatoms. The van der Waals surface area contributed by atoms with Crippen LogP contribution in [-0.4, -0.2) is 27.7 Å². The highest BCUT2D eigenvalue weighted by Crippen LogP contribution is 2.36. The van der Waals surface area contributed by atoms with Crippen LogP contribution in [-0.2, 0) is 14.8 Å². The predicted octanol–water partition coefficient (Wildman–Crippen LogP) is 4.30. The molecule has 1 saturated heterocycles. The monoisotopic (exact) mass is 395 g/mol. The number of hydrogen-bond acceptors (Lipinski definition) is 4. The highest BCUT2D eigenvalue weighted by Gasteiger charge is 2.28. The number of para-hydroxylation sites is 1. The summed E-state index contributed by atoms with van der Waals surface area (Å²) >= 11 is 0. The third-order valence-electron chi connectivity index (χ3n) is 4.51. The predicted molar refractivity (Wildman–Crippen MR) is 109 cm³/mol. The van der Waals surface area contributed by atoms with Crippen molar-refractivity contribution in [3.63, 3.8) is 0 Å². The fourth-order valence-electron chi connectivity index (χ4n) is 2.92. The van der Waals surface area contributed by atoms with Crippen LogP contribution >= 0.6 is 0 Å². The van der Waals surface area contributed by atoms with Gasteiger partial charge in [0.2, 0.25) is 0 Å². The van der Waals surface area contributed by atoms with Crippen LogP contribution < -0.4 is 9.04 Å². The second-order valence-electron chi connectivity index (χ2n) is 6.63. The Labute approximate surface area is 165 Å². The molecule has 0 aromatic heterocycles. The summed E-state index contributed by atoms with van der Waals surface area (Å²) in [5, 5.41) is 0. The van der Waals surface area contributed by atoms with Gasteiger partial charge in [-0.2, -0.15) is 0 Å². The molecule has 144 valence electrons. The van der Waals surface area contributed by atoms with Crippen molar-refractivity contribution < 1.29 is 17.9 Å². The van der Waals surface area contributed by atoms with Crippen molar-refractivity contribution in [1.82, 2.24) is 0 Å². The second-order valence-corrected chi connectivity index (χ2v) is 8.42. The van der Waals surface area contributed by atoms with E-state index in [2.05, 4.69) is 0 Å². The minimum absolute atomic E-state index is 0.128. The van der Waals surface area contributed by atoms with Gasteiger partial charge in [-0.25, -0.2) is 12.7 Å². The normalized spacial score (nSPS) is 15.8. The minimum atomic E-state index is -3.81. The molecule has 0 spiro atoms. The van der Waals surface area contributed by atoms with E-state index < -0.39 is 10.0 Å². The largest absolute Gasteiger partial charge is 0.491 e. The smallest absolute Gasteiger partial charge is 0.268 e. The molecule has 1 fully saturated rings. The number of aryl methyl sites for hydroxylation is 1. The van der Waals surface area contributed by atoms with E-state index in [1.165, 1.54) is 4.31 Å². The molecule has 5 nitrogen and oxygen atoms in total. The van der Waals surface area contributed by atoms with Gasteiger partial charge in [-0.3, -0.25) is 0 Å². The lowest BCUT2D eigenvalue weighted by Crippen LogP contribution is -2.27. The lowest BCUT2D eigenvalue weighted by molar-refractivity contribution is 0.263. The van der Waals surface area contributed by atoms with Crippen LogP contribution in [0.15, 0.2) is 83.8 Å². The van der Waals surface area contributed by atoms with Crippen LogP contribution in [0.3, 0.4) is 0 Å². The number of nitrogens with zero attached hydrogens (tertiary/aromatic N) is 1. The van der Waals surface area contributed by atoms with Gasteiger partial charge in [-0.05, 0) is 42.8 Å². The lowest BCUT2D eigenvalue weighted by atomic mass is 10.2. The third kappa shape index (κ3) is 3.88. The first-order valence-electron chi connectivity index (χ1n) is 9.06. The van der Waals surface area contributed by atoms with Crippen molar-refractivity contribution in [3.05, 3.63) is 84.4 Å². The standard InChI is InChI=1S/C22H21NO4S/c1-17-12-13-19(26-15-20-16-27-20)14-22(17)23(18-8-4-2-5-9-18)28(24,25)21-10-6-3-7-11-21/h2-14,20H,15-16H2,1H3. The molecule has 0 bridgehead atoms. The highest BCUT2D eigenvalue weighted by atomic mass is 32.2. The molecule has 0 radical (unpaired) electrons. The fraction of sp³-hybridized carbons (Fsp3) is 0.182. The summed E-state index contributed by atoms with van der Waals surface area (Å²) in [6.07, 6.45) is 0.128. The molecule has 0 aliphatic carbocycles. The molecule has 28 heavy (non-hydrogen) atoms. The Balaban J connectivity index is 1.81. The number of hydrogen-bond donors (Lipinski definition) is 0. The molecule has 0 amide bonds. The summed E-state index contributed by atoms with van der Waals surface area (Å²) < 4.78 is 39.4. The third-order valence-corrected chi connectivity index (χ3v) is 6.27. The van der Waals surface area contributed by atoms with E-state index in [0.717, 1.165) is 5.56 Å². The topological polar surface area (TPSA) is 59.1 Å². The summed E-state index contributed by atoms with van der Waals surface area (Å²) in [6.45, 7) is 3.05. The molecule has 1 aliphatic heterocycles. The summed E-state index contributed by atoms with van der Waals surface area (Å²) in [5.41, 5.74) is 1.96. The minimum Gasteiger partial charge on any atom is -0.491 e. The average Bonchev–Trinajstić information content (AvgIpc) is 3.54. The molecule has 0 saturated carbocycles. The van der Waals surface area contributed by atoms with Crippen LogP contribution in [0.5, 0.6) is 5.75 Å². The Bertz CT molecular complexity index is 1050. The zero-order chi connectivity index (χ0) is 19.6. The first-order chi connectivity index (χ1) is 13.6. The van der Waals surface area contributed by atoms with Crippen molar-refractivity contribution in [2.45, 2.75) is 17.9 Å². The maximum atomic E-state index is 13.5.